The maximum absolute atomic E-state index is 11.2. The van der Waals surface area contributed by atoms with Crippen molar-refractivity contribution in [2.45, 2.75) is 45.1 Å². The molecule has 118 valence electrons. The molecule has 5 nitrogen and oxygen atoms in total. The van der Waals surface area contributed by atoms with Gasteiger partial charge in [-0.15, -0.1) is 0 Å². The number of rotatable bonds is 6. The zero-order valence-corrected chi connectivity index (χ0v) is 13.5. The van der Waals surface area contributed by atoms with Crippen molar-refractivity contribution in [2.75, 3.05) is 13.7 Å². The summed E-state index contributed by atoms with van der Waals surface area (Å²) >= 11 is 0. The Bertz CT molecular complexity index is 505. The van der Waals surface area contributed by atoms with E-state index in [1.807, 2.05) is 18.2 Å². The van der Waals surface area contributed by atoms with E-state index < -0.39 is 11.4 Å². The first kappa shape index (κ1) is 17.3. The highest BCUT2D eigenvalue weighted by Gasteiger charge is 2.26. The molecule has 1 aromatic rings. The Kier molecular flexibility index (Phi) is 5.23. The number of amides is 1. The van der Waals surface area contributed by atoms with Gasteiger partial charge in [-0.05, 0) is 30.5 Å². The van der Waals surface area contributed by atoms with Gasteiger partial charge in [0.1, 0.15) is 11.5 Å². The first-order valence-corrected chi connectivity index (χ1v) is 6.98. The molecule has 0 saturated heterocycles. The Labute approximate surface area is 126 Å². The fraction of sp³-hybridized carbons (Fsp3) is 0.562. The Morgan fingerprint density at radius 1 is 1.24 bits per heavy atom. The first-order chi connectivity index (χ1) is 9.58. The van der Waals surface area contributed by atoms with Crippen molar-refractivity contribution in [2.24, 2.45) is 11.5 Å². The lowest BCUT2D eigenvalue weighted by Crippen LogP contribution is -2.50. The topological polar surface area (TPSA) is 87.6 Å². The lowest BCUT2D eigenvalue weighted by Gasteiger charge is -2.25. The van der Waals surface area contributed by atoms with Gasteiger partial charge in [-0.25, -0.2) is 0 Å². The molecular formula is C16H26N2O3. The molecule has 21 heavy (non-hydrogen) atoms. The predicted octanol–water partition coefficient (Wildman–Crippen LogP) is 1.96. The summed E-state index contributed by atoms with van der Waals surface area (Å²) in [5.41, 5.74) is 11.0. The van der Waals surface area contributed by atoms with Crippen LogP contribution in [0.25, 0.3) is 0 Å². The highest BCUT2D eigenvalue weighted by Crippen LogP contribution is 2.34. The number of carbonyl (C=O) groups excluding carboxylic acids is 1. The lowest BCUT2D eigenvalue weighted by molar-refractivity contribution is -0.123. The molecule has 5 heteroatoms. The fourth-order valence-corrected chi connectivity index (χ4v) is 1.84. The molecular weight excluding hydrogens is 268 g/mol. The molecule has 0 aliphatic heterocycles. The minimum Gasteiger partial charge on any atom is -0.497 e. The van der Waals surface area contributed by atoms with Gasteiger partial charge in [-0.3, -0.25) is 4.79 Å². The maximum Gasteiger partial charge on any atom is 0.237 e. The van der Waals surface area contributed by atoms with Gasteiger partial charge in [0.05, 0.1) is 19.3 Å². The van der Waals surface area contributed by atoms with Crippen molar-refractivity contribution in [3.05, 3.63) is 23.8 Å². The second-order valence-corrected chi connectivity index (χ2v) is 6.49. The zero-order chi connectivity index (χ0) is 16.3. The average molecular weight is 294 g/mol. The second kappa shape index (κ2) is 6.35. The Hall–Kier alpha value is -1.75. The maximum atomic E-state index is 11.2. The lowest BCUT2D eigenvalue weighted by atomic mass is 9.86. The molecule has 1 atom stereocenters. The van der Waals surface area contributed by atoms with Crippen LogP contribution in [0.1, 0.15) is 39.7 Å². The normalized spacial score (nSPS) is 14.4. The zero-order valence-electron chi connectivity index (χ0n) is 13.5. The van der Waals surface area contributed by atoms with Gasteiger partial charge in [0, 0.05) is 12.0 Å². The van der Waals surface area contributed by atoms with Crippen LogP contribution in [0.3, 0.4) is 0 Å². The molecule has 1 rings (SSSR count). The van der Waals surface area contributed by atoms with Gasteiger partial charge in [0.2, 0.25) is 5.91 Å². The van der Waals surface area contributed by atoms with Crippen LogP contribution in [0.5, 0.6) is 11.5 Å². The van der Waals surface area contributed by atoms with Gasteiger partial charge in [-0.1, -0.05) is 20.8 Å². The summed E-state index contributed by atoms with van der Waals surface area (Å²) in [6.07, 6.45) is 0.359. The standard InChI is InChI=1S/C16H26N2O3/c1-15(2,3)12-10-11(20-5)6-7-13(12)21-9-8-16(4,18)14(17)19/h6-7,10H,8-9,18H2,1-5H3,(H2,17,19). The summed E-state index contributed by atoms with van der Waals surface area (Å²) < 4.78 is 11.1. The van der Waals surface area contributed by atoms with Crippen LogP contribution >= 0.6 is 0 Å². The predicted molar refractivity (Wildman–Crippen MR) is 83.6 cm³/mol. The van der Waals surface area contributed by atoms with Gasteiger partial charge < -0.3 is 20.9 Å². The van der Waals surface area contributed by atoms with Crippen molar-refractivity contribution in [3.63, 3.8) is 0 Å². The molecule has 0 spiro atoms. The molecule has 0 heterocycles. The third kappa shape index (κ3) is 4.63. The molecule has 0 aliphatic rings. The van der Waals surface area contributed by atoms with E-state index in [1.165, 1.54) is 0 Å². The molecule has 4 N–H and O–H groups in total. The summed E-state index contributed by atoms with van der Waals surface area (Å²) in [6.45, 7) is 8.24. The Morgan fingerprint density at radius 2 is 1.86 bits per heavy atom. The van der Waals surface area contributed by atoms with E-state index in [0.29, 0.717) is 13.0 Å². The number of benzene rings is 1. The second-order valence-electron chi connectivity index (χ2n) is 6.49. The van der Waals surface area contributed by atoms with Gasteiger partial charge >= 0.3 is 0 Å². The third-order valence-electron chi connectivity index (χ3n) is 3.44. The summed E-state index contributed by atoms with van der Waals surface area (Å²) in [6, 6.07) is 5.68. The number of carbonyl (C=O) groups is 1. The van der Waals surface area contributed by atoms with Crippen LogP contribution in [0.15, 0.2) is 18.2 Å². The molecule has 0 bridgehead atoms. The van der Waals surface area contributed by atoms with E-state index in [0.717, 1.165) is 17.1 Å². The summed E-state index contributed by atoms with van der Waals surface area (Å²) in [7, 11) is 1.63. The van der Waals surface area contributed by atoms with Crippen LogP contribution < -0.4 is 20.9 Å². The number of hydrogen-bond acceptors (Lipinski definition) is 4. The molecule has 0 aromatic heterocycles. The average Bonchev–Trinajstić information content (AvgIpc) is 2.37. The van der Waals surface area contributed by atoms with E-state index in [2.05, 4.69) is 20.8 Å². The third-order valence-corrected chi connectivity index (χ3v) is 3.44. The summed E-state index contributed by atoms with van der Waals surface area (Å²) in [4.78, 5) is 11.2. The molecule has 0 fully saturated rings. The molecule has 1 unspecified atom stereocenters. The van der Waals surface area contributed by atoms with E-state index in [1.54, 1.807) is 14.0 Å². The van der Waals surface area contributed by atoms with Crippen molar-refractivity contribution < 1.29 is 14.3 Å². The SMILES string of the molecule is COc1ccc(OCCC(C)(N)C(N)=O)c(C(C)(C)C)c1. The molecule has 1 aromatic carbocycles. The van der Waals surface area contributed by atoms with Crippen molar-refractivity contribution in [1.29, 1.82) is 0 Å². The van der Waals surface area contributed by atoms with Crippen LogP contribution in [-0.2, 0) is 10.2 Å². The van der Waals surface area contributed by atoms with Crippen molar-refractivity contribution in [3.8, 4) is 11.5 Å². The van der Waals surface area contributed by atoms with Crippen LogP contribution in [0.4, 0.5) is 0 Å². The number of nitrogens with two attached hydrogens (primary N) is 2. The molecule has 0 aliphatic carbocycles. The number of methoxy groups -OCH3 is 1. The first-order valence-electron chi connectivity index (χ1n) is 6.98. The van der Waals surface area contributed by atoms with E-state index in [4.69, 9.17) is 20.9 Å². The van der Waals surface area contributed by atoms with Gasteiger partial charge in [0.15, 0.2) is 0 Å². The number of ether oxygens (including phenoxy) is 2. The minimum atomic E-state index is -1.06. The number of hydrogen-bond donors (Lipinski definition) is 2. The van der Waals surface area contributed by atoms with Crippen LogP contribution in [0, 0.1) is 0 Å². The summed E-state index contributed by atoms with van der Waals surface area (Å²) in [5.74, 6) is 1.02. The number of primary amides is 1. The Balaban J connectivity index is 2.87. The largest absolute Gasteiger partial charge is 0.497 e. The molecule has 0 radical (unpaired) electrons. The monoisotopic (exact) mass is 294 g/mol. The van der Waals surface area contributed by atoms with Crippen molar-refractivity contribution >= 4 is 5.91 Å². The van der Waals surface area contributed by atoms with Gasteiger partial charge in [0.25, 0.3) is 0 Å². The van der Waals surface area contributed by atoms with Crippen LogP contribution in [0.2, 0.25) is 0 Å². The minimum absolute atomic E-state index is 0.0838. The van der Waals surface area contributed by atoms with Gasteiger partial charge in [-0.2, -0.15) is 0 Å². The Morgan fingerprint density at radius 3 is 2.33 bits per heavy atom. The van der Waals surface area contributed by atoms with E-state index in [9.17, 15) is 4.79 Å². The molecule has 1 amide bonds. The van der Waals surface area contributed by atoms with Crippen molar-refractivity contribution in [1.82, 2.24) is 0 Å². The smallest absolute Gasteiger partial charge is 0.237 e. The molecule has 0 saturated carbocycles. The van der Waals surface area contributed by atoms with Crippen LogP contribution in [-0.4, -0.2) is 25.2 Å². The van der Waals surface area contributed by atoms with E-state index >= 15 is 0 Å². The van der Waals surface area contributed by atoms with E-state index in [-0.39, 0.29) is 5.41 Å². The highest BCUT2D eigenvalue weighted by atomic mass is 16.5. The summed E-state index contributed by atoms with van der Waals surface area (Å²) in [5, 5.41) is 0. The fourth-order valence-electron chi connectivity index (χ4n) is 1.84. The highest BCUT2D eigenvalue weighted by molar-refractivity contribution is 5.83. The quantitative estimate of drug-likeness (QED) is 0.839.